The van der Waals surface area contributed by atoms with Gasteiger partial charge >= 0.3 is 0 Å². The van der Waals surface area contributed by atoms with E-state index in [1.807, 2.05) is 28.8 Å². The summed E-state index contributed by atoms with van der Waals surface area (Å²) in [6.07, 6.45) is 6.21. The van der Waals surface area contributed by atoms with Crippen LogP contribution in [0.15, 0.2) is 48.5 Å². The zero-order valence-corrected chi connectivity index (χ0v) is 17.1. The lowest BCUT2D eigenvalue weighted by molar-refractivity contribution is -0.606. The number of fused-ring (bicyclic) bond motifs is 3. The fourth-order valence-corrected chi connectivity index (χ4v) is 5.91. The van der Waals surface area contributed by atoms with Gasteiger partial charge in [0.05, 0.1) is 5.41 Å². The van der Waals surface area contributed by atoms with E-state index >= 15 is 0 Å². The molecule has 1 aliphatic carbocycles. The first-order valence-corrected chi connectivity index (χ1v) is 10.6. The standard InChI is InChI=1S/C26H31N2/c1-18-12-8-10-16-23(18)27-19(2)25-26(4,21-13-6-5-7-14-21)22-15-9-11-17-24(22)28(25)20(27)3/h8-12,15-17,21H,5-7,13-14H2,1-4H3/q+1/i3D3. The van der Waals surface area contributed by atoms with Gasteiger partial charge in [-0.05, 0) is 50.3 Å². The van der Waals surface area contributed by atoms with Crippen LogP contribution in [-0.4, -0.2) is 4.57 Å². The van der Waals surface area contributed by atoms with Gasteiger partial charge in [0.15, 0.2) is 5.69 Å². The van der Waals surface area contributed by atoms with Crippen molar-refractivity contribution in [2.24, 2.45) is 5.92 Å². The number of aryl methyl sites for hydroxylation is 1. The van der Waals surface area contributed by atoms with Crippen molar-refractivity contribution in [2.75, 3.05) is 0 Å². The molecule has 3 aromatic rings. The van der Waals surface area contributed by atoms with Crippen molar-refractivity contribution in [2.45, 2.75) is 65.1 Å². The van der Waals surface area contributed by atoms with Crippen molar-refractivity contribution in [1.82, 2.24) is 4.57 Å². The Balaban J connectivity index is 1.89. The van der Waals surface area contributed by atoms with Crippen molar-refractivity contribution in [3.63, 3.8) is 0 Å². The molecule has 1 aromatic heterocycles. The normalized spacial score (nSPS) is 23.6. The zero-order chi connectivity index (χ0) is 22.0. The summed E-state index contributed by atoms with van der Waals surface area (Å²) in [5, 5.41) is 0. The van der Waals surface area contributed by atoms with Gasteiger partial charge in [0.1, 0.15) is 17.1 Å². The van der Waals surface area contributed by atoms with Gasteiger partial charge in [0.2, 0.25) is 0 Å². The zero-order valence-electron chi connectivity index (χ0n) is 20.1. The number of benzene rings is 2. The molecule has 2 aliphatic rings. The molecule has 5 rings (SSSR count). The third kappa shape index (κ3) is 2.24. The lowest BCUT2D eigenvalue weighted by Crippen LogP contribution is -2.39. The van der Waals surface area contributed by atoms with Gasteiger partial charge in [0, 0.05) is 23.5 Å². The summed E-state index contributed by atoms with van der Waals surface area (Å²) >= 11 is 0. The van der Waals surface area contributed by atoms with Gasteiger partial charge in [0.25, 0.3) is 5.82 Å². The molecule has 0 radical (unpaired) electrons. The molecule has 1 saturated carbocycles. The van der Waals surface area contributed by atoms with Crippen molar-refractivity contribution in [3.05, 3.63) is 76.9 Å². The minimum Gasteiger partial charge on any atom is -0.197 e. The van der Waals surface area contributed by atoms with Crippen LogP contribution in [0, 0.1) is 26.6 Å². The smallest absolute Gasteiger partial charge is 0.197 e. The van der Waals surface area contributed by atoms with E-state index in [2.05, 4.69) is 49.6 Å². The fourth-order valence-electron chi connectivity index (χ4n) is 5.91. The third-order valence-corrected chi connectivity index (χ3v) is 7.30. The largest absolute Gasteiger partial charge is 0.264 e. The lowest BCUT2D eigenvalue weighted by Gasteiger charge is -2.36. The Morgan fingerprint density at radius 3 is 2.46 bits per heavy atom. The Bertz CT molecular complexity index is 1150. The summed E-state index contributed by atoms with van der Waals surface area (Å²) in [7, 11) is 0. The summed E-state index contributed by atoms with van der Waals surface area (Å²) in [5.74, 6) is 0.910. The van der Waals surface area contributed by atoms with Gasteiger partial charge in [-0.25, -0.2) is 0 Å². The summed E-state index contributed by atoms with van der Waals surface area (Å²) in [4.78, 5) is 0. The van der Waals surface area contributed by atoms with E-state index in [1.165, 1.54) is 37.7 Å². The van der Waals surface area contributed by atoms with E-state index in [0.29, 0.717) is 11.7 Å². The number of rotatable bonds is 2. The van der Waals surface area contributed by atoms with E-state index in [9.17, 15) is 0 Å². The second-order valence-corrected chi connectivity index (χ2v) is 8.77. The molecule has 28 heavy (non-hydrogen) atoms. The Kier molecular flexibility index (Phi) is 3.31. The number of imidazole rings is 1. The molecule has 1 atom stereocenters. The van der Waals surface area contributed by atoms with E-state index in [1.54, 1.807) is 0 Å². The number of hydrogen-bond donors (Lipinski definition) is 0. The molecule has 144 valence electrons. The molecule has 0 bridgehead atoms. The van der Waals surface area contributed by atoms with E-state index in [-0.39, 0.29) is 5.41 Å². The van der Waals surface area contributed by atoms with E-state index in [0.717, 1.165) is 28.3 Å². The monoisotopic (exact) mass is 374 g/mol. The van der Waals surface area contributed by atoms with Gasteiger partial charge < -0.3 is 0 Å². The molecule has 0 amide bonds. The van der Waals surface area contributed by atoms with Crippen molar-refractivity contribution in [3.8, 4) is 11.4 Å². The molecule has 2 heteroatoms. The average Bonchev–Trinajstić information content (AvgIpc) is 3.21. The highest BCUT2D eigenvalue weighted by molar-refractivity contribution is 5.53. The second-order valence-electron chi connectivity index (χ2n) is 8.77. The molecular weight excluding hydrogens is 340 g/mol. The second kappa shape index (κ2) is 6.34. The molecule has 2 heterocycles. The molecule has 1 aliphatic heterocycles. The number of aromatic nitrogens is 2. The van der Waals surface area contributed by atoms with E-state index < -0.39 is 6.85 Å². The predicted molar refractivity (Wildman–Crippen MR) is 115 cm³/mol. The lowest BCUT2D eigenvalue weighted by atomic mass is 9.65. The Hall–Kier alpha value is -2.35. The SMILES string of the molecule is [2H]C([2H])([2H])c1n(-c2ccccc2C)c(C)c2[n+]1-c1ccccc1C2(C)C1CCCCC1. The van der Waals surface area contributed by atoms with Crippen molar-refractivity contribution in [1.29, 1.82) is 0 Å². The van der Waals surface area contributed by atoms with E-state index in [4.69, 9.17) is 4.11 Å². The number of para-hydroxylation sites is 2. The topological polar surface area (TPSA) is 8.81 Å². The molecule has 2 aromatic carbocycles. The summed E-state index contributed by atoms with van der Waals surface area (Å²) < 4.78 is 29.7. The molecular formula is C26H31N2+. The van der Waals surface area contributed by atoms with Crippen molar-refractivity contribution >= 4 is 0 Å². The molecule has 0 saturated heterocycles. The Morgan fingerprint density at radius 1 is 1.00 bits per heavy atom. The average molecular weight is 375 g/mol. The first-order chi connectivity index (χ1) is 14.8. The summed E-state index contributed by atoms with van der Waals surface area (Å²) in [5.41, 5.74) is 6.37. The van der Waals surface area contributed by atoms with Crippen LogP contribution < -0.4 is 4.57 Å². The molecule has 0 N–H and O–H groups in total. The van der Waals surface area contributed by atoms with Gasteiger partial charge in [-0.2, -0.15) is 9.13 Å². The molecule has 1 fully saturated rings. The first-order valence-electron chi connectivity index (χ1n) is 12.1. The number of nitrogens with zero attached hydrogens (tertiary/aromatic N) is 2. The van der Waals surface area contributed by atoms with Gasteiger partial charge in [-0.1, -0.05) is 55.7 Å². The van der Waals surface area contributed by atoms with Crippen molar-refractivity contribution < 1.29 is 8.68 Å². The highest BCUT2D eigenvalue weighted by Crippen LogP contribution is 2.50. The molecule has 1 unspecified atom stereocenters. The minimum absolute atomic E-state index is 0.185. The number of hydrogen-bond acceptors (Lipinski definition) is 0. The predicted octanol–water partition coefficient (Wildman–Crippen LogP) is 5.88. The van der Waals surface area contributed by atoms with Crippen LogP contribution in [0.4, 0.5) is 0 Å². The summed E-state index contributed by atoms with van der Waals surface area (Å²) in [6.45, 7) is 4.29. The Morgan fingerprint density at radius 2 is 1.71 bits per heavy atom. The third-order valence-electron chi connectivity index (χ3n) is 7.30. The van der Waals surface area contributed by atoms with Crippen LogP contribution in [0.5, 0.6) is 0 Å². The first kappa shape index (κ1) is 14.6. The molecule has 0 spiro atoms. The summed E-state index contributed by atoms with van der Waals surface area (Å²) in [6, 6.07) is 16.6. The van der Waals surface area contributed by atoms with Crippen LogP contribution in [-0.2, 0) is 5.41 Å². The van der Waals surface area contributed by atoms with Crippen LogP contribution in [0.2, 0.25) is 0 Å². The Labute approximate surface area is 173 Å². The minimum atomic E-state index is -2.24. The fraction of sp³-hybridized carbons (Fsp3) is 0.423. The van der Waals surface area contributed by atoms with Crippen LogP contribution in [0.25, 0.3) is 11.4 Å². The highest BCUT2D eigenvalue weighted by Gasteiger charge is 2.53. The quantitative estimate of drug-likeness (QED) is 0.495. The van der Waals surface area contributed by atoms with Crippen LogP contribution in [0.3, 0.4) is 0 Å². The maximum Gasteiger partial charge on any atom is 0.264 e. The van der Waals surface area contributed by atoms with Crippen LogP contribution >= 0.6 is 0 Å². The maximum atomic E-state index is 8.52. The van der Waals surface area contributed by atoms with Gasteiger partial charge in [-0.15, -0.1) is 0 Å². The van der Waals surface area contributed by atoms with Crippen LogP contribution in [0.1, 0.15) is 71.5 Å². The molecule has 2 nitrogen and oxygen atoms in total. The van der Waals surface area contributed by atoms with Gasteiger partial charge in [-0.3, -0.25) is 0 Å². The highest BCUT2D eigenvalue weighted by atomic mass is 15.2. The maximum absolute atomic E-state index is 8.52.